The smallest absolute Gasteiger partial charge is 0.171 e. The van der Waals surface area contributed by atoms with Gasteiger partial charge in [0.25, 0.3) is 0 Å². The summed E-state index contributed by atoms with van der Waals surface area (Å²) in [6, 6.07) is 8.30. The van der Waals surface area contributed by atoms with Crippen LogP contribution in [0.4, 0.5) is 0 Å². The van der Waals surface area contributed by atoms with Crippen LogP contribution in [0.3, 0.4) is 0 Å². The van der Waals surface area contributed by atoms with E-state index < -0.39 is 0 Å². The van der Waals surface area contributed by atoms with Gasteiger partial charge in [-0.25, -0.2) is 4.57 Å². The monoisotopic (exact) mass is 257 g/mol. The largest absolute Gasteiger partial charge is 0.396 e. The van der Waals surface area contributed by atoms with Gasteiger partial charge in [-0.15, -0.1) is 0 Å². The van der Waals surface area contributed by atoms with Crippen molar-refractivity contribution in [2.24, 2.45) is 0 Å². The predicted octanol–water partition coefficient (Wildman–Crippen LogP) is 1.93. The fourth-order valence-electron chi connectivity index (χ4n) is 2.16. The molecule has 0 atom stereocenters. The minimum atomic E-state index is 0.260. The summed E-state index contributed by atoms with van der Waals surface area (Å²) in [6.07, 6.45) is 12.0. The molecule has 1 N–H and O–H groups in total. The molecule has 3 nitrogen and oxygen atoms in total. The van der Waals surface area contributed by atoms with E-state index in [1.54, 1.807) is 0 Å². The second-order valence-electron chi connectivity index (χ2n) is 4.74. The van der Waals surface area contributed by atoms with Gasteiger partial charge in [0.15, 0.2) is 12.4 Å². The van der Waals surface area contributed by atoms with Crippen LogP contribution in [-0.4, -0.2) is 16.7 Å². The van der Waals surface area contributed by atoms with Gasteiger partial charge in [0, 0.05) is 37.1 Å². The third-order valence-electron chi connectivity index (χ3n) is 3.15. The Bertz CT molecular complexity index is 485. The van der Waals surface area contributed by atoms with Crippen LogP contribution in [0.2, 0.25) is 0 Å². The first kappa shape index (κ1) is 13.7. The van der Waals surface area contributed by atoms with E-state index >= 15 is 0 Å². The molecule has 3 heteroatoms. The lowest BCUT2D eigenvalue weighted by atomic mass is 10.1. The Morgan fingerprint density at radius 1 is 1.05 bits per heavy atom. The molecule has 100 valence electrons. The molecule has 0 aliphatic heterocycles. The Hall–Kier alpha value is -1.74. The summed E-state index contributed by atoms with van der Waals surface area (Å²) < 4.78 is 2.23. The standard InChI is InChI=1S/C16H21N2O/c19-12-4-8-16-7-3-11-18(14-16)10-2-6-15-5-1-9-17-13-15/h1,3,5,7,9,11,13-14,19H,2,4,6,8,10,12H2/q+1. The van der Waals surface area contributed by atoms with E-state index in [0.29, 0.717) is 0 Å². The van der Waals surface area contributed by atoms with Crippen LogP contribution < -0.4 is 4.57 Å². The number of hydrogen-bond donors (Lipinski definition) is 1. The van der Waals surface area contributed by atoms with E-state index in [4.69, 9.17) is 5.11 Å². The van der Waals surface area contributed by atoms with Crippen molar-refractivity contribution in [1.29, 1.82) is 0 Å². The Labute approximate surface area is 114 Å². The number of hydrogen-bond acceptors (Lipinski definition) is 2. The number of aryl methyl sites for hydroxylation is 3. The number of aromatic nitrogens is 2. The van der Waals surface area contributed by atoms with Crippen LogP contribution in [0.1, 0.15) is 24.0 Å². The van der Waals surface area contributed by atoms with Gasteiger partial charge >= 0.3 is 0 Å². The van der Waals surface area contributed by atoms with E-state index in [1.165, 1.54) is 11.1 Å². The zero-order valence-electron chi connectivity index (χ0n) is 11.2. The first-order valence-corrected chi connectivity index (χ1v) is 6.86. The fourth-order valence-corrected chi connectivity index (χ4v) is 2.16. The third kappa shape index (κ3) is 4.79. The van der Waals surface area contributed by atoms with Crippen LogP contribution in [-0.2, 0) is 19.4 Å². The molecule has 0 aliphatic rings. The SMILES string of the molecule is OCCCc1ccc[n+](CCCc2cccnc2)c1. The van der Waals surface area contributed by atoms with E-state index in [1.807, 2.05) is 18.5 Å². The van der Waals surface area contributed by atoms with Crippen molar-refractivity contribution in [3.8, 4) is 0 Å². The van der Waals surface area contributed by atoms with Crippen LogP contribution in [0.15, 0.2) is 49.1 Å². The summed E-state index contributed by atoms with van der Waals surface area (Å²) >= 11 is 0. The lowest BCUT2D eigenvalue weighted by Gasteiger charge is -2.01. The van der Waals surface area contributed by atoms with Gasteiger partial charge < -0.3 is 5.11 Å². The van der Waals surface area contributed by atoms with E-state index in [-0.39, 0.29) is 6.61 Å². The molecule has 0 amide bonds. The summed E-state index contributed by atoms with van der Waals surface area (Å²) in [5.74, 6) is 0. The predicted molar refractivity (Wildman–Crippen MR) is 74.6 cm³/mol. The van der Waals surface area contributed by atoms with Crippen molar-refractivity contribution >= 4 is 0 Å². The molecule has 0 unspecified atom stereocenters. The molecule has 0 saturated carbocycles. The maximum Gasteiger partial charge on any atom is 0.171 e. The van der Waals surface area contributed by atoms with Gasteiger partial charge in [0.2, 0.25) is 0 Å². The first-order chi connectivity index (χ1) is 9.38. The summed E-state index contributed by atoms with van der Waals surface area (Å²) in [4.78, 5) is 4.13. The van der Waals surface area contributed by atoms with Crippen LogP contribution in [0.25, 0.3) is 0 Å². The highest BCUT2D eigenvalue weighted by Crippen LogP contribution is 2.02. The lowest BCUT2D eigenvalue weighted by molar-refractivity contribution is -0.697. The highest BCUT2D eigenvalue weighted by Gasteiger charge is 2.03. The molecule has 0 aliphatic carbocycles. The number of rotatable bonds is 7. The number of aliphatic hydroxyl groups is 1. The molecule has 2 aromatic rings. The average Bonchev–Trinajstić information content (AvgIpc) is 2.47. The van der Waals surface area contributed by atoms with Crippen molar-refractivity contribution in [3.63, 3.8) is 0 Å². The lowest BCUT2D eigenvalue weighted by Crippen LogP contribution is -2.33. The Morgan fingerprint density at radius 2 is 1.89 bits per heavy atom. The highest BCUT2D eigenvalue weighted by atomic mass is 16.2. The third-order valence-corrected chi connectivity index (χ3v) is 3.15. The number of aliphatic hydroxyl groups excluding tert-OH is 1. The molecule has 2 rings (SSSR count). The Morgan fingerprint density at radius 3 is 2.68 bits per heavy atom. The van der Waals surface area contributed by atoms with Crippen molar-refractivity contribution in [3.05, 3.63) is 60.2 Å². The topological polar surface area (TPSA) is 37.0 Å². The Kier molecular flexibility index (Phi) is 5.50. The fraction of sp³-hybridized carbons (Fsp3) is 0.375. The molecule has 0 aromatic carbocycles. The summed E-state index contributed by atoms with van der Waals surface area (Å²) in [6.45, 7) is 1.28. The van der Waals surface area contributed by atoms with Gasteiger partial charge in [-0.1, -0.05) is 6.07 Å². The first-order valence-electron chi connectivity index (χ1n) is 6.86. The van der Waals surface area contributed by atoms with Gasteiger partial charge in [0.1, 0.15) is 6.54 Å². The van der Waals surface area contributed by atoms with Gasteiger partial charge in [-0.3, -0.25) is 4.98 Å². The van der Waals surface area contributed by atoms with Crippen molar-refractivity contribution in [2.75, 3.05) is 6.61 Å². The zero-order chi connectivity index (χ0) is 13.3. The summed E-state index contributed by atoms with van der Waals surface area (Å²) in [5, 5.41) is 8.85. The van der Waals surface area contributed by atoms with Crippen molar-refractivity contribution < 1.29 is 9.67 Å². The van der Waals surface area contributed by atoms with Gasteiger partial charge in [0.05, 0.1) is 0 Å². The second kappa shape index (κ2) is 7.64. The van der Waals surface area contributed by atoms with Crippen LogP contribution in [0, 0.1) is 0 Å². The minimum Gasteiger partial charge on any atom is -0.396 e. The van der Waals surface area contributed by atoms with Crippen molar-refractivity contribution in [1.82, 2.24) is 4.98 Å². The molecule has 0 fully saturated rings. The van der Waals surface area contributed by atoms with Gasteiger partial charge in [-0.2, -0.15) is 0 Å². The van der Waals surface area contributed by atoms with Gasteiger partial charge in [-0.05, 0) is 37.0 Å². The van der Waals surface area contributed by atoms with E-state index in [9.17, 15) is 0 Å². The van der Waals surface area contributed by atoms with E-state index in [2.05, 4.69) is 40.1 Å². The van der Waals surface area contributed by atoms with Crippen LogP contribution >= 0.6 is 0 Å². The molecule has 0 radical (unpaired) electrons. The number of pyridine rings is 2. The van der Waals surface area contributed by atoms with Crippen molar-refractivity contribution in [2.45, 2.75) is 32.2 Å². The average molecular weight is 257 g/mol. The quantitative estimate of drug-likeness (QED) is 0.770. The van der Waals surface area contributed by atoms with Crippen LogP contribution in [0.5, 0.6) is 0 Å². The second-order valence-corrected chi connectivity index (χ2v) is 4.74. The summed E-state index contributed by atoms with van der Waals surface area (Å²) in [5.41, 5.74) is 2.58. The molecule has 0 spiro atoms. The molecule has 19 heavy (non-hydrogen) atoms. The minimum absolute atomic E-state index is 0.260. The maximum absolute atomic E-state index is 8.85. The molecule has 2 aromatic heterocycles. The molecular weight excluding hydrogens is 236 g/mol. The summed E-state index contributed by atoms with van der Waals surface area (Å²) in [7, 11) is 0. The van der Waals surface area contributed by atoms with E-state index in [0.717, 1.165) is 32.2 Å². The molecule has 2 heterocycles. The zero-order valence-corrected chi connectivity index (χ0v) is 11.2. The maximum atomic E-state index is 8.85. The molecule has 0 saturated heterocycles. The Balaban J connectivity index is 1.82. The highest BCUT2D eigenvalue weighted by molar-refractivity contribution is 5.08. The molecule has 0 bridgehead atoms. The number of nitrogens with zero attached hydrogens (tertiary/aromatic N) is 2. The normalized spacial score (nSPS) is 10.6. The molecular formula is C16H21N2O+.